The highest BCUT2D eigenvalue weighted by molar-refractivity contribution is 14.1. The number of pyridine rings is 1. The molecule has 0 unspecified atom stereocenters. The molecule has 1 aromatic heterocycles. The molecule has 8 heteroatoms. The van der Waals surface area contributed by atoms with Gasteiger partial charge in [0.05, 0.1) is 0 Å². The lowest BCUT2D eigenvalue weighted by atomic mass is 10.3. The lowest BCUT2D eigenvalue weighted by Crippen LogP contribution is -2.09. The van der Waals surface area contributed by atoms with Crippen molar-refractivity contribution in [3.63, 3.8) is 0 Å². The van der Waals surface area contributed by atoms with Gasteiger partial charge in [-0.2, -0.15) is 13.2 Å². The van der Waals surface area contributed by atoms with Crippen LogP contribution in [0.25, 0.3) is 0 Å². The van der Waals surface area contributed by atoms with Crippen LogP contribution in [-0.2, 0) is 6.18 Å². The lowest BCUT2D eigenvalue weighted by molar-refractivity contribution is -0.390. The van der Waals surface area contributed by atoms with E-state index in [0.717, 1.165) is 12.1 Å². The van der Waals surface area contributed by atoms with E-state index >= 15 is 0 Å². The predicted octanol–water partition coefficient (Wildman–Crippen LogP) is 2.61. The molecule has 1 aromatic rings. The minimum Gasteiger partial charge on any atom is -0.358 e. The van der Waals surface area contributed by atoms with Gasteiger partial charge in [-0.05, 0) is 32.5 Å². The molecule has 0 radical (unpaired) electrons. The first-order valence-electron chi connectivity index (χ1n) is 3.20. The zero-order valence-corrected chi connectivity index (χ0v) is 8.53. The molecule has 0 atom stereocenters. The van der Waals surface area contributed by atoms with Gasteiger partial charge in [-0.25, -0.2) is 0 Å². The summed E-state index contributed by atoms with van der Waals surface area (Å²) in [6.07, 6.45) is -4.66. The highest BCUT2D eigenvalue weighted by Gasteiger charge is 2.38. The maximum Gasteiger partial charge on any atom is 0.458 e. The van der Waals surface area contributed by atoms with Gasteiger partial charge in [-0.3, -0.25) is 0 Å². The van der Waals surface area contributed by atoms with E-state index in [2.05, 4.69) is 4.98 Å². The van der Waals surface area contributed by atoms with Crippen LogP contribution in [0.3, 0.4) is 0 Å². The molecule has 0 spiro atoms. The molecule has 0 fully saturated rings. The summed E-state index contributed by atoms with van der Waals surface area (Å²) in [5.41, 5.74) is -1.25. The number of aromatic nitrogens is 1. The summed E-state index contributed by atoms with van der Waals surface area (Å²) < 4.78 is 36.5. The molecule has 0 amide bonds. The zero-order valence-electron chi connectivity index (χ0n) is 6.38. The van der Waals surface area contributed by atoms with E-state index in [0.29, 0.717) is 0 Å². The van der Waals surface area contributed by atoms with E-state index in [1.165, 1.54) is 0 Å². The Bertz CT molecular complexity index is 380. The first-order valence-corrected chi connectivity index (χ1v) is 4.28. The highest BCUT2D eigenvalue weighted by Crippen LogP contribution is 2.30. The molecule has 4 nitrogen and oxygen atoms in total. The van der Waals surface area contributed by atoms with Crippen molar-refractivity contribution in [3.05, 3.63) is 31.5 Å². The molecule has 76 valence electrons. The van der Waals surface area contributed by atoms with E-state index in [1.54, 1.807) is 22.6 Å². The Balaban J connectivity index is 3.28. The Kier molecular flexibility index (Phi) is 2.92. The van der Waals surface area contributed by atoms with Crippen LogP contribution in [0, 0.1) is 13.7 Å². The number of nitrogens with zero attached hydrogens (tertiary/aromatic N) is 2. The van der Waals surface area contributed by atoms with Crippen molar-refractivity contribution in [2.45, 2.75) is 6.18 Å². The van der Waals surface area contributed by atoms with Crippen molar-refractivity contribution in [2.75, 3.05) is 0 Å². The number of rotatable bonds is 1. The van der Waals surface area contributed by atoms with E-state index in [4.69, 9.17) is 0 Å². The van der Waals surface area contributed by atoms with Crippen LogP contribution in [0.2, 0.25) is 0 Å². The molecule has 1 rings (SSSR count). The van der Waals surface area contributed by atoms with Crippen LogP contribution in [0.1, 0.15) is 5.69 Å². The van der Waals surface area contributed by atoms with Gasteiger partial charge < -0.3 is 10.1 Å². The Hall–Kier alpha value is -0.930. The van der Waals surface area contributed by atoms with Gasteiger partial charge in [-0.1, -0.05) is 0 Å². The fourth-order valence-electron chi connectivity index (χ4n) is 0.722. The maximum atomic E-state index is 12.1. The Morgan fingerprint density at radius 2 is 2.00 bits per heavy atom. The molecular weight excluding hydrogens is 316 g/mol. The van der Waals surface area contributed by atoms with Crippen molar-refractivity contribution >= 4 is 28.4 Å². The maximum absolute atomic E-state index is 12.1. The first kappa shape index (κ1) is 11.1. The fourth-order valence-corrected chi connectivity index (χ4v) is 1.30. The summed E-state index contributed by atoms with van der Waals surface area (Å²) in [5, 5.41) is 10.2. The minimum absolute atomic E-state index is 0.122. The third-order valence-corrected chi connectivity index (χ3v) is 1.88. The van der Waals surface area contributed by atoms with Crippen LogP contribution in [0.15, 0.2) is 12.1 Å². The largest absolute Gasteiger partial charge is 0.458 e. The topological polar surface area (TPSA) is 56.0 Å². The zero-order chi connectivity index (χ0) is 10.9. The molecule has 14 heavy (non-hydrogen) atoms. The molecule has 0 aromatic carbocycles. The molecule has 0 aliphatic carbocycles. The summed E-state index contributed by atoms with van der Waals surface area (Å²) >= 11 is 1.56. The first-order chi connectivity index (χ1) is 6.30. The highest BCUT2D eigenvalue weighted by atomic mass is 127. The second-order valence-corrected chi connectivity index (χ2v) is 3.53. The monoisotopic (exact) mass is 318 g/mol. The summed E-state index contributed by atoms with van der Waals surface area (Å²) in [6, 6.07) is 1.71. The molecular formula is C6H2F3IN2O2. The molecule has 0 saturated carbocycles. The van der Waals surface area contributed by atoms with Gasteiger partial charge >= 0.3 is 12.0 Å². The van der Waals surface area contributed by atoms with Crippen LogP contribution in [-0.4, -0.2) is 9.91 Å². The quantitative estimate of drug-likeness (QED) is 0.454. The van der Waals surface area contributed by atoms with Gasteiger partial charge in [-0.15, -0.1) is 0 Å². The van der Waals surface area contributed by atoms with Gasteiger partial charge in [0.1, 0.15) is 0 Å². The molecule has 0 aliphatic heterocycles. The third kappa shape index (κ3) is 2.53. The second kappa shape index (κ2) is 3.67. The van der Waals surface area contributed by atoms with Gasteiger partial charge in [0.2, 0.25) is 0 Å². The van der Waals surface area contributed by atoms with Crippen molar-refractivity contribution in [1.29, 1.82) is 0 Å². The number of hydrogen-bond acceptors (Lipinski definition) is 3. The Morgan fingerprint density at radius 3 is 2.43 bits per heavy atom. The van der Waals surface area contributed by atoms with E-state index in [-0.39, 0.29) is 3.57 Å². The number of hydrogen-bond donors (Lipinski definition) is 0. The van der Waals surface area contributed by atoms with Crippen molar-refractivity contribution in [3.8, 4) is 0 Å². The van der Waals surface area contributed by atoms with Crippen LogP contribution in [0.5, 0.6) is 0 Å². The SMILES string of the molecule is O=[N+]([O-])c1cc(I)cc(C(F)(F)F)n1. The molecule has 1 heterocycles. The third-order valence-electron chi connectivity index (χ3n) is 1.25. The number of halogens is 4. The van der Waals surface area contributed by atoms with E-state index < -0.39 is 22.6 Å². The average Bonchev–Trinajstić information content (AvgIpc) is 2.01. The molecule has 0 aliphatic rings. The number of alkyl halides is 3. The molecule has 0 N–H and O–H groups in total. The van der Waals surface area contributed by atoms with Crippen molar-refractivity contribution in [2.24, 2.45) is 0 Å². The van der Waals surface area contributed by atoms with Gasteiger partial charge in [0, 0.05) is 15.7 Å². The van der Waals surface area contributed by atoms with Gasteiger partial charge in [0.15, 0.2) is 0 Å². The van der Waals surface area contributed by atoms with Crippen LogP contribution < -0.4 is 0 Å². The minimum atomic E-state index is -4.66. The molecule has 0 saturated heterocycles. The number of nitro groups is 1. The summed E-state index contributed by atoms with van der Waals surface area (Å²) in [7, 11) is 0. The summed E-state index contributed by atoms with van der Waals surface area (Å²) in [5.74, 6) is -0.802. The summed E-state index contributed by atoms with van der Waals surface area (Å²) in [4.78, 5) is 12.1. The Morgan fingerprint density at radius 1 is 1.43 bits per heavy atom. The fraction of sp³-hybridized carbons (Fsp3) is 0.167. The van der Waals surface area contributed by atoms with E-state index in [1.807, 2.05) is 0 Å². The van der Waals surface area contributed by atoms with Crippen LogP contribution >= 0.6 is 22.6 Å². The van der Waals surface area contributed by atoms with E-state index in [9.17, 15) is 23.3 Å². The smallest absolute Gasteiger partial charge is 0.358 e. The standard InChI is InChI=1S/C6H2F3IN2O2/c7-6(8,9)4-1-3(10)2-5(11-4)12(13)14/h1-2H. The summed E-state index contributed by atoms with van der Waals surface area (Å²) in [6.45, 7) is 0. The van der Waals surface area contributed by atoms with Crippen molar-refractivity contribution < 1.29 is 18.1 Å². The normalized spacial score (nSPS) is 11.4. The van der Waals surface area contributed by atoms with Gasteiger partial charge in [0.25, 0.3) is 5.69 Å². The average molecular weight is 318 g/mol. The predicted molar refractivity (Wildman–Crippen MR) is 48.6 cm³/mol. The Labute approximate surface area is 89.4 Å². The second-order valence-electron chi connectivity index (χ2n) is 2.28. The van der Waals surface area contributed by atoms with Crippen LogP contribution in [0.4, 0.5) is 19.0 Å². The van der Waals surface area contributed by atoms with Crippen molar-refractivity contribution in [1.82, 2.24) is 4.98 Å². The molecule has 0 bridgehead atoms. The lowest BCUT2D eigenvalue weighted by Gasteiger charge is -2.01.